The summed E-state index contributed by atoms with van der Waals surface area (Å²) < 4.78 is 11.5. The Balaban J connectivity index is 2.13. The maximum absolute atomic E-state index is 13.0. The van der Waals surface area contributed by atoms with Crippen molar-refractivity contribution in [3.63, 3.8) is 0 Å². The molecule has 3 rings (SSSR count). The zero-order valence-corrected chi connectivity index (χ0v) is 20.5. The fraction of sp³-hybridized carbons (Fsp3) is 0.250. The van der Waals surface area contributed by atoms with Crippen LogP contribution in [0.25, 0.3) is 0 Å². The summed E-state index contributed by atoms with van der Waals surface area (Å²) >= 11 is 1.72. The van der Waals surface area contributed by atoms with Gasteiger partial charge in [-0.25, -0.2) is 0 Å². The number of carbonyl (C=O) groups excluding carboxylic acids is 2. The quantitative estimate of drug-likeness (QED) is 0.356. The Bertz CT molecular complexity index is 1030. The van der Waals surface area contributed by atoms with Crippen molar-refractivity contribution in [2.24, 2.45) is 0 Å². The third kappa shape index (κ3) is 5.24. The summed E-state index contributed by atoms with van der Waals surface area (Å²) in [4.78, 5) is 26.8. The minimum absolute atomic E-state index is 0.109. The topological polar surface area (TPSA) is 64.6 Å². The summed E-state index contributed by atoms with van der Waals surface area (Å²) in [6, 6.07) is 18.1. The molecule has 1 unspecified atom stereocenters. The number of hydrogen-bond donors (Lipinski definition) is 1. The van der Waals surface area contributed by atoms with E-state index in [0.717, 1.165) is 16.2 Å². The van der Waals surface area contributed by atoms with Crippen LogP contribution in [0.4, 0.5) is 0 Å². The molecule has 0 amide bonds. The first-order valence-corrected chi connectivity index (χ1v) is 13.0. The molecule has 2 aromatic rings. The van der Waals surface area contributed by atoms with Crippen LogP contribution in [0, 0.1) is 0 Å². The van der Waals surface area contributed by atoms with E-state index >= 15 is 0 Å². The van der Waals surface area contributed by atoms with Gasteiger partial charge in [0.2, 0.25) is 0 Å². The number of ether oxygens (including phenoxy) is 2. The van der Waals surface area contributed by atoms with Gasteiger partial charge in [-0.05, 0) is 0 Å². The molecule has 0 aliphatic carbocycles. The molecule has 162 valence electrons. The number of thioether (sulfide) groups is 1. The van der Waals surface area contributed by atoms with Crippen LogP contribution in [0.15, 0.2) is 82.0 Å². The maximum atomic E-state index is 13.0. The summed E-state index contributed by atoms with van der Waals surface area (Å²) in [5.74, 6) is -1.46. The number of allylic oxidation sites excluding steroid dienone is 2. The molecule has 0 fully saturated rings. The molecule has 0 radical (unpaired) electrons. The van der Waals surface area contributed by atoms with Crippen molar-refractivity contribution in [3.8, 4) is 0 Å². The summed E-state index contributed by atoms with van der Waals surface area (Å²) in [6.07, 6.45) is 1.99. The van der Waals surface area contributed by atoms with E-state index in [1.54, 1.807) is 11.8 Å². The monoisotopic (exact) mass is 503 g/mol. The zero-order chi connectivity index (χ0) is 22.4. The van der Waals surface area contributed by atoms with Crippen molar-refractivity contribution in [1.29, 1.82) is 0 Å². The number of hydrogen-bond acceptors (Lipinski definition) is 6. The Kier molecular flexibility index (Phi) is 8.02. The van der Waals surface area contributed by atoms with Gasteiger partial charge in [-0.1, -0.05) is 0 Å². The molecular formula is C24H25NO4SSe. The van der Waals surface area contributed by atoms with Crippen LogP contribution < -0.4 is 9.78 Å². The molecule has 0 saturated carbocycles. The predicted octanol–water partition coefficient (Wildman–Crippen LogP) is 3.42. The van der Waals surface area contributed by atoms with Crippen LogP contribution in [0.2, 0.25) is 5.32 Å². The van der Waals surface area contributed by atoms with Gasteiger partial charge in [0, 0.05) is 0 Å². The van der Waals surface area contributed by atoms with Gasteiger partial charge in [-0.3, -0.25) is 0 Å². The Morgan fingerprint density at radius 1 is 1.00 bits per heavy atom. The summed E-state index contributed by atoms with van der Waals surface area (Å²) in [5, 5.41) is 3.99. The van der Waals surface area contributed by atoms with Crippen LogP contribution >= 0.6 is 11.8 Å². The average Bonchev–Trinajstić information content (AvgIpc) is 2.81. The fourth-order valence-corrected chi connectivity index (χ4v) is 5.90. The van der Waals surface area contributed by atoms with E-state index in [1.807, 2.05) is 55.6 Å². The molecule has 5 nitrogen and oxygen atoms in total. The zero-order valence-electron chi connectivity index (χ0n) is 17.9. The van der Waals surface area contributed by atoms with Crippen LogP contribution in [0.3, 0.4) is 0 Å². The van der Waals surface area contributed by atoms with E-state index < -0.39 is 17.9 Å². The Morgan fingerprint density at radius 3 is 2.32 bits per heavy atom. The predicted molar refractivity (Wildman–Crippen MR) is 124 cm³/mol. The van der Waals surface area contributed by atoms with Crippen molar-refractivity contribution >= 4 is 43.1 Å². The van der Waals surface area contributed by atoms with Gasteiger partial charge in [-0.2, -0.15) is 0 Å². The van der Waals surface area contributed by atoms with E-state index in [9.17, 15) is 9.59 Å². The van der Waals surface area contributed by atoms with Gasteiger partial charge in [0.1, 0.15) is 0 Å². The number of carbonyl (C=O) groups is 2. The average molecular weight is 502 g/mol. The van der Waals surface area contributed by atoms with Gasteiger partial charge >= 0.3 is 194 Å². The molecular weight excluding hydrogens is 477 g/mol. The van der Waals surface area contributed by atoms with Gasteiger partial charge in [0.05, 0.1) is 0 Å². The second kappa shape index (κ2) is 10.7. The Hall–Kier alpha value is -2.47. The third-order valence-electron chi connectivity index (χ3n) is 5.01. The van der Waals surface area contributed by atoms with Gasteiger partial charge in [0.25, 0.3) is 0 Å². The molecule has 2 aromatic carbocycles. The van der Waals surface area contributed by atoms with Gasteiger partial charge in [0.15, 0.2) is 0 Å². The molecule has 1 N–H and O–H groups in total. The van der Waals surface area contributed by atoms with E-state index in [2.05, 4.69) is 17.4 Å². The van der Waals surface area contributed by atoms with Crippen molar-refractivity contribution < 1.29 is 19.1 Å². The van der Waals surface area contributed by atoms with E-state index in [0.29, 0.717) is 22.2 Å². The molecule has 1 aliphatic heterocycles. The van der Waals surface area contributed by atoms with E-state index in [-0.39, 0.29) is 15.0 Å². The molecule has 7 heteroatoms. The summed E-state index contributed by atoms with van der Waals surface area (Å²) in [7, 11) is 2.72. The molecule has 0 aromatic heterocycles. The number of benzene rings is 2. The molecule has 1 heterocycles. The van der Waals surface area contributed by atoms with Crippen LogP contribution in [-0.2, 0) is 19.1 Å². The van der Waals surface area contributed by atoms with Gasteiger partial charge in [-0.15, -0.1) is 0 Å². The fourth-order valence-electron chi connectivity index (χ4n) is 3.57. The molecule has 0 saturated heterocycles. The Labute approximate surface area is 193 Å². The molecule has 1 aliphatic rings. The van der Waals surface area contributed by atoms with Crippen LogP contribution in [-0.4, -0.2) is 47.4 Å². The summed E-state index contributed by atoms with van der Waals surface area (Å²) in [5.41, 5.74) is 3.23. The molecule has 1 atom stereocenters. The van der Waals surface area contributed by atoms with Crippen molar-refractivity contribution in [2.75, 3.05) is 20.5 Å². The van der Waals surface area contributed by atoms with E-state index in [1.165, 1.54) is 18.7 Å². The second-order valence-electron chi connectivity index (χ2n) is 6.85. The van der Waals surface area contributed by atoms with Gasteiger partial charge < -0.3 is 0 Å². The van der Waals surface area contributed by atoms with Crippen LogP contribution in [0.1, 0.15) is 18.4 Å². The number of dihydropyridines is 1. The third-order valence-corrected chi connectivity index (χ3v) is 7.91. The van der Waals surface area contributed by atoms with E-state index in [4.69, 9.17) is 9.47 Å². The van der Waals surface area contributed by atoms with Crippen molar-refractivity contribution in [2.45, 2.75) is 23.1 Å². The van der Waals surface area contributed by atoms with Crippen molar-refractivity contribution in [3.05, 3.63) is 82.7 Å². The first-order chi connectivity index (χ1) is 15.0. The number of esters is 2. The first-order valence-electron chi connectivity index (χ1n) is 9.69. The van der Waals surface area contributed by atoms with Crippen molar-refractivity contribution in [1.82, 2.24) is 5.32 Å². The SMILES string of the molecule is COC(=O)C1=C(C)NC(C[Se]c2ccccc2)=C(C(=O)OC)C1c1cccc(SC)c1. The second-order valence-corrected chi connectivity index (χ2v) is 9.93. The summed E-state index contributed by atoms with van der Waals surface area (Å²) in [6.45, 7) is 1.85. The molecule has 0 spiro atoms. The standard InChI is InChI=1S/C24H25NO4SSe/c1-15-20(23(26)28-2)21(16-9-8-10-17(13-16)30-4)22(24(27)29-3)19(25-15)14-31-18-11-6-5-7-12-18/h5-13,21,25H,14H2,1-4H3. The first kappa shape index (κ1) is 23.2. The molecule has 0 bridgehead atoms. The number of rotatable bonds is 7. The molecule has 31 heavy (non-hydrogen) atoms. The normalized spacial score (nSPS) is 16.1. The number of nitrogens with one attached hydrogen (secondary N) is 1. The Morgan fingerprint density at radius 2 is 1.68 bits per heavy atom. The minimum atomic E-state index is -0.560. The number of methoxy groups -OCH3 is 2. The van der Waals surface area contributed by atoms with Crippen LogP contribution in [0.5, 0.6) is 0 Å².